The number of rotatable bonds is 10. The Morgan fingerprint density at radius 2 is 2.00 bits per heavy atom. The Morgan fingerprint density at radius 1 is 1.31 bits per heavy atom. The van der Waals surface area contributed by atoms with Crippen molar-refractivity contribution in [3.8, 4) is 0 Å². The molecule has 0 aromatic rings. The summed E-state index contributed by atoms with van der Waals surface area (Å²) in [6.07, 6.45) is 4.92. The standard InChI is InChI=1S/C10H22N4O2/c1-2-7-12-10(9-14(15)16)13-8-5-3-4-6-11/h9,12-13H,2-8,11H2,1H3. The number of nitro groups is 1. The van der Waals surface area contributed by atoms with Gasteiger partial charge in [-0.05, 0) is 25.8 Å². The van der Waals surface area contributed by atoms with E-state index in [0.717, 1.165) is 45.0 Å². The molecule has 4 N–H and O–H groups in total. The topological polar surface area (TPSA) is 93.2 Å². The third kappa shape index (κ3) is 9.26. The molecule has 0 aliphatic heterocycles. The van der Waals surface area contributed by atoms with Crippen LogP contribution in [0.15, 0.2) is 12.0 Å². The van der Waals surface area contributed by atoms with Gasteiger partial charge in [0.1, 0.15) is 0 Å². The Balaban J connectivity index is 3.79. The predicted molar refractivity (Wildman–Crippen MR) is 64.3 cm³/mol. The van der Waals surface area contributed by atoms with Crippen LogP contribution in [-0.4, -0.2) is 24.6 Å². The van der Waals surface area contributed by atoms with E-state index < -0.39 is 4.92 Å². The highest BCUT2D eigenvalue weighted by molar-refractivity contribution is 4.91. The molecule has 0 unspecified atom stereocenters. The molecule has 0 fully saturated rings. The van der Waals surface area contributed by atoms with Crippen molar-refractivity contribution in [2.45, 2.75) is 32.6 Å². The molecule has 0 aliphatic carbocycles. The lowest BCUT2D eigenvalue weighted by Gasteiger charge is -2.10. The minimum atomic E-state index is -0.453. The fraction of sp³-hybridized carbons (Fsp3) is 0.800. The van der Waals surface area contributed by atoms with E-state index in [9.17, 15) is 10.1 Å². The molecule has 0 amide bonds. The van der Waals surface area contributed by atoms with E-state index in [1.807, 2.05) is 6.92 Å². The van der Waals surface area contributed by atoms with Gasteiger partial charge in [0.15, 0.2) is 5.82 Å². The minimum absolute atomic E-state index is 0.453. The summed E-state index contributed by atoms with van der Waals surface area (Å²) in [6.45, 7) is 4.18. The van der Waals surface area contributed by atoms with E-state index in [2.05, 4.69) is 10.6 Å². The van der Waals surface area contributed by atoms with Gasteiger partial charge >= 0.3 is 0 Å². The third-order valence-corrected chi connectivity index (χ3v) is 2.00. The van der Waals surface area contributed by atoms with Crippen LogP contribution in [0.5, 0.6) is 0 Å². The van der Waals surface area contributed by atoms with Gasteiger partial charge in [0.25, 0.3) is 6.20 Å². The van der Waals surface area contributed by atoms with Crippen molar-refractivity contribution in [1.82, 2.24) is 10.6 Å². The maximum Gasteiger partial charge on any atom is 0.274 e. The maximum atomic E-state index is 10.3. The van der Waals surface area contributed by atoms with Gasteiger partial charge in [0, 0.05) is 13.1 Å². The zero-order valence-corrected chi connectivity index (χ0v) is 9.87. The summed E-state index contributed by atoms with van der Waals surface area (Å²) in [7, 11) is 0. The van der Waals surface area contributed by atoms with Crippen LogP contribution in [0.3, 0.4) is 0 Å². The molecule has 0 heterocycles. The monoisotopic (exact) mass is 230 g/mol. The smallest absolute Gasteiger partial charge is 0.274 e. The molecule has 0 saturated carbocycles. The van der Waals surface area contributed by atoms with Crippen LogP contribution in [0.2, 0.25) is 0 Å². The van der Waals surface area contributed by atoms with Crippen LogP contribution in [0, 0.1) is 10.1 Å². The summed E-state index contributed by atoms with van der Waals surface area (Å²) in [4.78, 5) is 9.89. The Hall–Kier alpha value is -1.30. The van der Waals surface area contributed by atoms with E-state index in [-0.39, 0.29) is 0 Å². The second kappa shape index (κ2) is 10.2. The molecule has 0 aromatic heterocycles. The molecule has 94 valence electrons. The van der Waals surface area contributed by atoms with E-state index >= 15 is 0 Å². The lowest BCUT2D eigenvalue weighted by Crippen LogP contribution is -2.28. The summed E-state index contributed by atoms with van der Waals surface area (Å²) in [5.74, 6) is 0.486. The largest absolute Gasteiger partial charge is 0.367 e. The van der Waals surface area contributed by atoms with E-state index in [0.29, 0.717) is 12.4 Å². The maximum absolute atomic E-state index is 10.3. The van der Waals surface area contributed by atoms with Gasteiger partial charge in [-0.25, -0.2) is 0 Å². The Morgan fingerprint density at radius 3 is 2.56 bits per heavy atom. The summed E-state index contributed by atoms with van der Waals surface area (Å²) < 4.78 is 0. The average Bonchev–Trinajstić information content (AvgIpc) is 2.24. The fourth-order valence-electron chi connectivity index (χ4n) is 1.19. The SMILES string of the molecule is CCCNC(=C[N+](=O)[O-])NCCCCCN. The van der Waals surface area contributed by atoms with Crippen LogP contribution in [0.1, 0.15) is 32.6 Å². The summed E-state index contributed by atoms with van der Waals surface area (Å²) >= 11 is 0. The number of nitrogens with two attached hydrogens (primary N) is 1. The van der Waals surface area contributed by atoms with Crippen molar-refractivity contribution >= 4 is 0 Å². The van der Waals surface area contributed by atoms with Crippen molar-refractivity contribution < 1.29 is 4.92 Å². The molecule has 0 bridgehead atoms. The molecule has 0 rings (SSSR count). The highest BCUT2D eigenvalue weighted by Gasteiger charge is 2.00. The van der Waals surface area contributed by atoms with Gasteiger partial charge in [-0.15, -0.1) is 0 Å². The second-order valence-electron chi connectivity index (χ2n) is 3.53. The predicted octanol–water partition coefficient (Wildman–Crippen LogP) is 0.780. The van der Waals surface area contributed by atoms with Crippen molar-refractivity contribution in [2.24, 2.45) is 5.73 Å². The summed E-state index contributed by atoms with van der Waals surface area (Å²) in [5, 5.41) is 16.3. The lowest BCUT2D eigenvalue weighted by molar-refractivity contribution is -0.404. The first kappa shape index (κ1) is 14.7. The molecule has 6 nitrogen and oxygen atoms in total. The summed E-state index contributed by atoms with van der Waals surface area (Å²) in [5.41, 5.74) is 5.37. The van der Waals surface area contributed by atoms with Crippen LogP contribution in [-0.2, 0) is 0 Å². The quantitative estimate of drug-likeness (QED) is 0.293. The second-order valence-corrected chi connectivity index (χ2v) is 3.53. The van der Waals surface area contributed by atoms with Crippen molar-refractivity contribution in [1.29, 1.82) is 0 Å². The zero-order chi connectivity index (χ0) is 12.2. The molecule has 0 spiro atoms. The molecule has 6 heteroatoms. The normalized spacial score (nSPS) is 11.2. The van der Waals surface area contributed by atoms with E-state index in [1.54, 1.807) is 0 Å². The van der Waals surface area contributed by atoms with Gasteiger partial charge in [0.2, 0.25) is 0 Å². The Kier molecular flexibility index (Phi) is 9.39. The molecule has 16 heavy (non-hydrogen) atoms. The zero-order valence-electron chi connectivity index (χ0n) is 9.87. The van der Waals surface area contributed by atoms with Crippen LogP contribution in [0.4, 0.5) is 0 Å². The third-order valence-electron chi connectivity index (χ3n) is 2.00. The first-order valence-electron chi connectivity index (χ1n) is 5.73. The first-order valence-corrected chi connectivity index (χ1v) is 5.73. The average molecular weight is 230 g/mol. The minimum Gasteiger partial charge on any atom is -0.367 e. The van der Waals surface area contributed by atoms with Crippen molar-refractivity contribution in [2.75, 3.05) is 19.6 Å². The number of hydrogen-bond acceptors (Lipinski definition) is 5. The Bertz CT molecular complexity index is 219. The molecule has 0 radical (unpaired) electrons. The van der Waals surface area contributed by atoms with Gasteiger partial charge in [-0.3, -0.25) is 10.1 Å². The first-order chi connectivity index (χ1) is 7.70. The van der Waals surface area contributed by atoms with Crippen molar-refractivity contribution in [3.63, 3.8) is 0 Å². The number of nitrogens with one attached hydrogen (secondary N) is 2. The van der Waals surface area contributed by atoms with Crippen LogP contribution >= 0.6 is 0 Å². The van der Waals surface area contributed by atoms with Gasteiger partial charge in [-0.1, -0.05) is 13.3 Å². The lowest BCUT2D eigenvalue weighted by atomic mass is 10.2. The van der Waals surface area contributed by atoms with Crippen LogP contribution in [0.25, 0.3) is 0 Å². The van der Waals surface area contributed by atoms with E-state index in [1.165, 1.54) is 0 Å². The van der Waals surface area contributed by atoms with Gasteiger partial charge in [0.05, 0.1) is 4.92 Å². The number of nitrogens with zero attached hydrogens (tertiary/aromatic N) is 1. The molecule has 0 aliphatic rings. The molecular weight excluding hydrogens is 208 g/mol. The Labute approximate surface area is 96.4 Å². The van der Waals surface area contributed by atoms with Crippen molar-refractivity contribution in [3.05, 3.63) is 22.1 Å². The number of hydrogen-bond donors (Lipinski definition) is 3. The highest BCUT2D eigenvalue weighted by Crippen LogP contribution is 1.93. The fourth-order valence-corrected chi connectivity index (χ4v) is 1.19. The molecule has 0 saturated heterocycles. The molecular formula is C10H22N4O2. The number of unbranched alkanes of at least 4 members (excludes halogenated alkanes) is 2. The van der Waals surface area contributed by atoms with Gasteiger partial charge in [-0.2, -0.15) is 0 Å². The van der Waals surface area contributed by atoms with Crippen LogP contribution < -0.4 is 16.4 Å². The van der Waals surface area contributed by atoms with Gasteiger partial charge < -0.3 is 16.4 Å². The highest BCUT2D eigenvalue weighted by atomic mass is 16.6. The van der Waals surface area contributed by atoms with E-state index in [4.69, 9.17) is 5.73 Å². The molecule has 0 atom stereocenters. The molecule has 0 aromatic carbocycles. The summed E-state index contributed by atoms with van der Waals surface area (Å²) in [6, 6.07) is 0.